The average molecular weight is 361 g/mol. The van der Waals surface area contributed by atoms with E-state index >= 15 is 0 Å². The molecule has 0 spiro atoms. The van der Waals surface area contributed by atoms with Gasteiger partial charge in [0.05, 0.1) is 6.61 Å². The third-order valence-electron chi connectivity index (χ3n) is 3.63. The summed E-state index contributed by atoms with van der Waals surface area (Å²) in [4.78, 5) is 26.3. The van der Waals surface area contributed by atoms with Crippen LogP contribution in [0.3, 0.4) is 0 Å². The third-order valence-corrected chi connectivity index (χ3v) is 3.86. The van der Waals surface area contributed by atoms with Crippen molar-refractivity contribution >= 4 is 29.3 Å². The molecule has 2 aromatic carbocycles. The molecule has 25 heavy (non-hydrogen) atoms. The zero-order valence-corrected chi connectivity index (χ0v) is 15.0. The Hall–Kier alpha value is -2.53. The Morgan fingerprint density at radius 1 is 1.16 bits per heavy atom. The fraction of sp³-hybridized carbons (Fsp3) is 0.263. The molecule has 0 saturated heterocycles. The lowest BCUT2D eigenvalue weighted by atomic mass is 10.2. The summed E-state index contributed by atoms with van der Waals surface area (Å²) in [7, 11) is 0. The van der Waals surface area contributed by atoms with Crippen molar-refractivity contribution in [3.05, 3.63) is 65.2 Å². The molecule has 0 bridgehead atoms. The molecule has 2 aromatic rings. The van der Waals surface area contributed by atoms with E-state index in [9.17, 15) is 9.59 Å². The lowest BCUT2D eigenvalue weighted by Crippen LogP contribution is -2.45. The Labute approximate surface area is 152 Å². The Kier molecular flexibility index (Phi) is 6.83. The number of hydrogen-bond acceptors (Lipinski definition) is 3. The van der Waals surface area contributed by atoms with Gasteiger partial charge >= 0.3 is 12.0 Å². The van der Waals surface area contributed by atoms with Crippen molar-refractivity contribution in [1.82, 2.24) is 4.90 Å². The molecule has 0 heterocycles. The van der Waals surface area contributed by atoms with Gasteiger partial charge in [-0.1, -0.05) is 48.0 Å². The van der Waals surface area contributed by atoms with E-state index in [2.05, 4.69) is 5.32 Å². The molecule has 0 aliphatic carbocycles. The van der Waals surface area contributed by atoms with Gasteiger partial charge in [0.1, 0.15) is 6.04 Å². The van der Waals surface area contributed by atoms with Crippen LogP contribution in [0.25, 0.3) is 0 Å². The van der Waals surface area contributed by atoms with Crippen LogP contribution in [0.1, 0.15) is 19.4 Å². The van der Waals surface area contributed by atoms with Crippen LogP contribution in [-0.2, 0) is 16.1 Å². The smallest absolute Gasteiger partial charge is 0.328 e. The number of anilines is 1. The first-order valence-electron chi connectivity index (χ1n) is 8.05. The fourth-order valence-electron chi connectivity index (χ4n) is 2.32. The van der Waals surface area contributed by atoms with Crippen LogP contribution >= 0.6 is 11.6 Å². The Morgan fingerprint density at radius 3 is 2.52 bits per heavy atom. The molecular formula is C19H21ClN2O3. The van der Waals surface area contributed by atoms with Crippen LogP contribution in [0.2, 0.25) is 5.02 Å². The minimum Gasteiger partial charge on any atom is -0.464 e. The first-order valence-corrected chi connectivity index (χ1v) is 8.42. The van der Waals surface area contributed by atoms with E-state index in [4.69, 9.17) is 16.3 Å². The second kappa shape index (κ2) is 9.08. The van der Waals surface area contributed by atoms with Crippen LogP contribution in [0.15, 0.2) is 54.6 Å². The van der Waals surface area contributed by atoms with Gasteiger partial charge in [-0.05, 0) is 37.6 Å². The Balaban J connectivity index is 2.20. The van der Waals surface area contributed by atoms with Crippen molar-refractivity contribution in [2.24, 2.45) is 0 Å². The Morgan fingerprint density at radius 2 is 1.88 bits per heavy atom. The highest BCUT2D eigenvalue weighted by atomic mass is 35.5. The summed E-state index contributed by atoms with van der Waals surface area (Å²) in [6.07, 6.45) is 0. The minimum atomic E-state index is -0.723. The van der Waals surface area contributed by atoms with E-state index in [-0.39, 0.29) is 13.2 Å². The summed E-state index contributed by atoms with van der Waals surface area (Å²) >= 11 is 5.95. The maximum Gasteiger partial charge on any atom is 0.328 e. The van der Waals surface area contributed by atoms with Gasteiger partial charge in [0, 0.05) is 17.3 Å². The number of nitrogens with one attached hydrogen (secondary N) is 1. The fourth-order valence-corrected chi connectivity index (χ4v) is 2.51. The van der Waals surface area contributed by atoms with Gasteiger partial charge in [0.15, 0.2) is 0 Å². The van der Waals surface area contributed by atoms with Crippen LogP contribution in [0.4, 0.5) is 10.5 Å². The number of nitrogens with zero attached hydrogens (tertiary/aromatic N) is 1. The molecule has 0 aromatic heterocycles. The molecular weight excluding hydrogens is 340 g/mol. The maximum atomic E-state index is 12.7. The number of hydrogen-bond donors (Lipinski definition) is 1. The second-order valence-electron chi connectivity index (χ2n) is 5.48. The molecule has 2 rings (SSSR count). The van der Waals surface area contributed by atoms with Crippen LogP contribution in [0, 0.1) is 0 Å². The molecule has 1 atom stereocenters. The first kappa shape index (κ1) is 18.8. The number of benzene rings is 2. The second-order valence-corrected chi connectivity index (χ2v) is 5.92. The summed E-state index contributed by atoms with van der Waals surface area (Å²) in [6.45, 7) is 3.93. The SMILES string of the molecule is CCOC(=O)C(C)N(Cc1ccccc1)C(=O)Nc1cccc(Cl)c1. The van der Waals surface area contributed by atoms with Crippen LogP contribution in [-0.4, -0.2) is 29.5 Å². The Bertz CT molecular complexity index is 722. The highest BCUT2D eigenvalue weighted by Gasteiger charge is 2.27. The number of ether oxygens (including phenoxy) is 1. The number of carbonyl (C=O) groups is 2. The predicted octanol–water partition coefficient (Wildman–Crippen LogP) is 4.33. The van der Waals surface area contributed by atoms with Gasteiger partial charge in [-0.2, -0.15) is 0 Å². The molecule has 5 nitrogen and oxygen atoms in total. The number of halogens is 1. The molecule has 0 aliphatic rings. The highest BCUT2D eigenvalue weighted by molar-refractivity contribution is 6.30. The highest BCUT2D eigenvalue weighted by Crippen LogP contribution is 2.17. The molecule has 6 heteroatoms. The van der Waals surface area contributed by atoms with E-state index in [1.165, 1.54) is 4.90 Å². The van der Waals surface area contributed by atoms with Crippen molar-refractivity contribution < 1.29 is 14.3 Å². The summed E-state index contributed by atoms with van der Waals surface area (Å²) < 4.78 is 5.06. The van der Waals surface area contributed by atoms with Crippen LogP contribution in [0.5, 0.6) is 0 Å². The molecule has 0 saturated carbocycles. The van der Waals surface area contributed by atoms with Crippen molar-refractivity contribution in [3.8, 4) is 0 Å². The summed E-state index contributed by atoms with van der Waals surface area (Å²) in [5.41, 5.74) is 1.48. The van der Waals surface area contributed by atoms with E-state index in [0.717, 1.165) is 5.56 Å². The third kappa shape index (κ3) is 5.50. The molecule has 1 N–H and O–H groups in total. The van der Waals surface area contributed by atoms with Gasteiger partial charge in [0.25, 0.3) is 0 Å². The van der Waals surface area contributed by atoms with E-state index < -0.39 is 18.0 Å². The van der Waals surface area contributed by atoms with Crippen molar-refractivity contribution in [3.63, 3.8) is 0 Å². The van der Waals surface area contributed by atoms with E-state index in [0.29, 0.717) is 10.7 Å². The predicted molar refractivity (Wildman–Crippen MR) is 98.6 cm³/mol. The zero-order chi connectivity index (χ0) is 18.2. The molecule has 0 fully saturated rings. The molecule has 132 valence electrons. The van der Waals surface area contributed by atoms with Gasteiger partial charge in [0.2, 0.25) is 0 Å². The standard InChI is InChI=1S/C19H21ClN2O3/c1-3-25-18(23)14(2)22(13-15-8-5-4-6-9-15)19(24)21-17-11-7-10-16(20)12-17/h4-12,14H,3,13H2,1-2H3,(H,21,24). The molecule has 1 unspecified atom stereocenters. The van der Waals surface area contributed by atoms with Gasteiger partial charge in [-0.15, -0.1) is 0 Å². The van der Waals surface area contributed by atoms with Gasteiger partial charge < -0.3 is 15.0 Å². The van der Waals surface area contributed by atoms with Crippen molar-refractivity contribution in [2.75, 3.05) is 11.9 Å². The number of urea groups is 1. The monoisotopic (exact) mass is 360 g/mol. The summed E-state index contributed by atoms with van der Waals surface area (Å²) in [5, 5.41) is 3.30. The van der Waals surface area contributed by atoms with Gasteiger partial charge in [-0.25, -0.2) is 9.59 Å². The number of amides is 2. The summed E-state index contributed by atoms with van der Waals surface area (Å²) in [5.74, 6) is -0.445. The zero-order valence-electron chi connectivity index (χ0n) is 14.2. The minimum absolute atomic E-state index is 0.262. The molecule has 0 radical (unpaired) electrons. The topological polar surface area (TPSA) is 58.6 Å². The van der Waals surface area contributed by atoms with E-state index in [1.54, 1.807) is 38.1 Å². The largest absolute Gasteiger partial charge is 0.464 e. The quantitative estimate of drug-likeness (QED) is 0.780. The molecule has 0 aliphatic heterocycles. The van der Waals surface area contributed by atoms with E-state index in [1.807, 2.05) is 30.3 Å². The van der Waals surface area contributed by atoms with Gasteiger partial charge in [-0.3, -0.25) is 0 Å². The van der Waals surface area contributed by atoms with Crippen LogP contribution < -0.4 is 5.32 Å². The van der Waals surface area contributed by atoms with Crippen molar-refractivity contribution in [2.45, 2.75) is 26.4 Å². The lowest BCUT2D eigenvalue weighted by molar-refractivity contribution is -0.147. The first-order chi connectivity index (χ1) is 12.0. The number of rotatable bonds is 6. The number of esters is 1. The number of carbonyl (C=O) groups excluding carboxylic acids is 2. The normalized spacial score (nSPS) is 11.5. The van der Waals surface area contributed by atoms with Crippen molar-refractivity contribution in [1.29, 1.82) is 0 Å². The maximum absolute atomic E-state index is 12.7. The average Bonchev–Trinajstić information content (AvgIpc) is 2.60. The molecule has 2 amide bonds. The summed E-state index contributed by atoms with van der Waals surface area (Å²) in [6, 6.07) is 15.2. The lowest BCUT2D eigenvalue weighted by Gasteiger charge is -2.28.